The first-order valence-corrected chi connectivity index (χ1v) is 8.71. The Morgan fingerprint density at radius 1 is 1.21 bits per heavy atom. The fourth-order valence-electron chi connectivity index (χ4n) is 3.10. The maximum atomic E-state index is 12.7. The average Bonchev–Trinajstić information content (AvgIpc) is 3.13. The lowest BCUT2D eigenvalue weighted by Gasteiger charge is -2.30. The summed E-state index contributed by atoms with van der Waals surface area (Å²) in [5.41, 5.74) is 0.805. The van der Waals surface area contributed by atoms with Gasteiger partial charge in [0.1, 0.15) is 0 Å². The molecule has 7 nitrogen and oxygen atoms in total. The smallest absolute Gasteiger partial charge is 0.292 e. The fraction of sp³-hybridized carbons (Fsp3) is 0.647. The normalized spacial score (nSPS) is 21.5. The zero-order valence-corrected chi connectivity index (χ0v) is 14.1. The number of aromatic nitrogens is 3. The van der Waals surface area contributed by atoms with Crippen LogP contribution in [0.1, 0.15) is 85.2 Å². The van der Waals surface area contributed by atoms with Crippen LogP contribution in [-0.4, -0.2) is 39.2 Å². The van der Waals surface area contributed by atoms with Crippen molar-refractivity contribution < 1.29 is 13.8 Å². The zero-order valence-electron chi connectivity index (χ0n) is 14.1. The van der Waals surface area contributed by atoms with Gasteiger partial charge in [0, 0.05) is 31.0 Å². The van der Waals surface area contributed by atoms with Gasteiger partial charge in [0.05, 0.1) is 5.69 Å². The summed E-state index contributed by atoms with van der Waals surface area (Å²) in [6.45, 7) is 5.37. The summed E-state index contributed by atoms with van der Waals surface area (Å²) in [5.74, 6) is 2.52. The Balaban J connectivity index is 1.45. The molecule has 3 heterocycles. The Morgan fingerprint density at radius 3 is 2.75 bits per heavy atom. The molecule has 1 amide bonds. The number of rotatable bonds is 4. The van der Waals surface area contributed by atoms with Crippen LogP contribution < -0.4 is 0 Å². The molecule has 2 fully saturated rings. The maximum absolute atomic E-state index is 12.7. The molecule has 0 spiro atoms. The van der Waals surface area contributed by atoms with E-state index in [0.717, 1.165) is 49.6 Å². The summed E-state index contributed by atoms with van der Waals surface area (Å²) in [4.78, 5) is 19.0. The van der Waals surface area contributed by atoms with Crippen molar-refractivity contribution in [2.24, 2.45) is 0 Å². The quantitative estimate of drug-likeness (QED) is 0.856. The van der Waals surface area contributed by atoms with Crippen molar-refractivity contribution in [2.45, 2.75) is 57.3 Å². The molecule has 1 aliphatic carbocycles. The molecule has 24 heavy (non-hydrogen) atoms. The maximum Gasteiger partial charge on any atom is 0.292 e. The number of amides is 1. The van der Waals surface area contributed by atoms with Crippen LogP contribution in [0.25, 0.3) is 0 Å². The summed E-state index contributed by atoms with van der Waals surface area (Å²) >= 11 is 0. The van der Waals surface area contributed by atoms with Crippen LogP contribution in [0.4, 0.5) is 0 Å². The lowest BCUT2D eigenvalue weighted by Crippen LogP contribution is -2.39. The Labute approximate surface area is 140 Å². The summed E-state index contributed by atoms with van der Waals surface area (Å²) in [6.07, 6.45) is 4.18. The van der Waals surface area contributed by atoms with Crippen molar-refractivity contribution in [3.63, 3.8) is 0 Å². The molecule has 0 bridgehead atoms. The Bertz CT molecular complexity index is 732. The van der Waals surface area contributed by atoms with Crippen LogP contribution in [0.3, 0.4) is 0 Å². The third-order valence-corrected chi connectivity index (χ3v) is 4.79. The number of carbonyl (C=O) groups excluding carboxylic acids is 1. The first-order valence-electron chi connectivity index (χ1n) is 8.71. The third-order valence-electron chi connectivity index (χ3n) is 4.79. The minimum absolute atomic E-state index is 0.106. The second-order valence-corrected chi connectivity index (χ2v) is 7.13. The van der Waals surface area contributed by atoms with Crippen molar-refractivity contribution in [3.8, 4) is 0 Å². The molecule has 0 aromatic carbocycles. The van der Waals surface area contributed by atoms with Gasteiger partial charge in [0.25, 0.3) is 5.91 Å². The first kappa shape index (κ1) is 15.4. The second-order valence-electron chi connectivity index (χ2n) is 7.13. The molecule has 1 saturated heterocycles. The predicted molar refractivity (Wildman–Crippen MR) is 84.7 cm³/mol. The number of hydrogen-bond acceptors (Lipinski definition) is 6. The van der Waals surface area contributed by atoms with Crippen LogP contribution in [-0.2, 0) is 0 Å². The van der Waals surface area contributed by atoms with Gasteiger partial charge in [-0.3, -0.25) is 4.79 Å². The second kappa shape index (κ2) is 6.03. The summed E-state index contributed by atoms with van der Waals surface area (Å²) in [6, 6.07) is 1.75. The van der Waals surface area contributed by atoms with Crippen LogP contribution in [0.2, 0.25) is 0 Å². The van der Waals surface area contributed by atoms with E-state index in [1.54, 1.807) is 6.07 Å². The number of piperidine rings is 1. The summed E-state index contributed by atoms with van der Waals surface area (Å²) < 4.78 is 10.6. The predicted octanol–water partition coefficient (Wildman–Crippen LogP) is 3.08. The SMILES string of the molecule is CC(C)c1cc(C(=O)N2CCC[C@@H](c3noc(C4CC4)n3)C2)on1. The van der Waals surface area contributed by atoms with Gasteiger partial charge in [-0.2, -0.15) is 4.98 Å². The number of hydrogen-bond donors (Lipinski definition) is 0. The topological polar surface area (TPSA) is 85.3 Å². The Kier molecular flexibility index (Phi) is 3.86. The first-order chi connectivity index (χ1) is 11.6. The standard InChI is InChI=1S/C17H22N4O3/c1-10(2)13-8-14(23-19-13)17(22)21-7-3-4-12(9-21)15-18-16(24-20-15)11-5-6-11/h8,10-12H,3-7,9H2,1-2H3/t12-/m1/s1. The van der Waals surface area contributed by atoms with Crippen LogP contribution in [0.5, 0.6) is 0 Å². The van der Waals surface area contributed by atoms with Crippen LogP contribution >= 0.6 is 0 Å². The summed E-state index contributed by atoms with van der Waals surface area (Å²) in [5, 5.41) is 8.11. The van der Waals surface area contributed by atoms with E-state index in [4.69, 9.17) is 9.05 Å². The molecule has 2 aliphatic rings. The Hall–Kier alpha value is -2.18. The molecule has 128 valence electrons. The molecule has 1 aliphatic heterocycles. The Morgan fingerprint density at radius 2 is 2.04 bits per heavy atom. The van der Waals surface area contributed by atoms with Gasteiger partial charge in [0.2, 0.25) is 11.7 Å². The van der Waals surface area contributed by atoms with Crippen molar-refractivity contribution in [2.75, 3.05) is 13.1 Å². The van der Waals surface area contributed by atoms with Crippen molar-refractivity contribution in [1.82, 2.24) is 20.2 Å². The van der Waals surface area contributed by atoms with Crippen molar-refractivity contribution in [3.05, 3.63) is 29.2 Å². The van der Waals surface area contributed by atoms with E-state index in [9.17, 15) is 4.79 Å². The van der Waals surface area contributed by atoms with Crippen LogP contribution in [0, 0.1) is 0 Å². The van der Waals surface area contributed by atoms with E-state index in [-0.39, 0.29) is 17.7 Å². The van der Waals surface area contributed by atoms with E-state index in [1.807, 2.05) is 18.7 Å². The molecule has 2 aromatic heterocycles. The number of carbonyl (C=O) groups is 1. The highest BCUT2D eigenvalue weighted by Crippen LogP contribution is 2.39. The van der Waals surface area contributed by atoms with Gasteiger partial charge in [0.15, 0.2) is 5.82 Å². The van der Waals surface area contributed by atoms with Crippen molar-refractivity contribution in [1.29, 1.82) is 0 Å². The molecule has 0 radical (unpaired) electrons. The zero-order chi connectivity index (χ0) is 16.7. The van der Waals surface area contributed by atoms with Crippen LogP contribution in [0.15, 0.2) is 15.1 Å². The molecule has 7 heteroatoms. The monoisotopic (exact) mass is 330 g/mol. The minimum atomic E-state index is -0.106. The number of nitrogens with zero attached hydrogens (tertiary/aromatic N) is 4. The molecular weight excluding hydrogens is 308 g/mol. The molecule has 0 unspecified atom stereocenters. The van der Waals surface area contributed by atoms with Gasteiger partial charge < -0.3 is 13.9 Å². The van der Waals surface area contributed by atoms with Gasteiger partial charge in [-0.15, -0.1) is 0 Å². The molecule has 0 N–H and O–H groups in total. The van der Waals surface area contributed by atoms with E-state index < -0.39 is 0 Å². The molecule has 1 atom stereocenters. The van der Waals surface area contributed by atoms with Gasteiger partial charge in [-0.05, 0) is 31.6 Å². The highest BCUT2D eigenvalue weighted by Gasteiger charge is 2.33. The van der Waals surface area contributed by atoms with E-state index in [0.29, 0.717) is 18.2 Å². The summed E-state index contributed by atoms with van der Waals surface area (Å²) in [7, 11) is 0. The highest BCUT2D eigenvalue weighted by molar-refractivity contribution is 5.91. The molecule has 1 saturated carbocycles. The fourth-order valence-corrected chi connectivity index (χ4v) is 3.10. The molecule has 2 aromatic rings. The molecule has 4 rings (SSSR count). The van der Waals surface area contributed by atoms with E-state index in [1.165, 1.54) is 0 Å². The van der Waals surface area contributed by atoms with Crippen molar-refractivity contribution >= 4 is 5.91 Å². The van der Waals surface area contributed by atoms with Gasteiger partial charge in [-0.1, -0.05) is 24.2 Å². The lowest BCUT2D eigenvalue weighted by atomic mass is 9.97. The molecular formula is C17H22N4O3. The number of likely N-dealkylation sites (tertiary alicyclic amines) is 1. The van der Waals surface area contributed by atoms with Gasteiger partial charge >= 0.3 is 0 Å². The minimum Gasteiger partial charge on any atom is -0.351 e. The van der Waals surface area contributed by atoms with Gasteiger partial charge in [-0.25, -0.2) is 0 Å². The third kappa shape index (κ3) is 2.95. The highest BCUT2D eigenvalue weighted by atomic mass is 16.5. The average molecular weight is 330 g/mol. The van der Waals surface area contributed by atoms with E-state index >= 15 is 0 Å². The lowest BCUT2D eigenvalue weighted by molar-refractivity contribution is 0.0661. The van der Waals surface area contributed by atoms with E-state index in [2.05, 4.69) is 15.3 Å². The largest absolute Gasteiger partial charge is 0.351 e.